The molecule has 1 aromatic heterocycles. The molecule has 1 heterocycles. The molecule has 3 aromatic rings. The molecule has 0 unspecified atom stereocenters. The third kappa shape index (κ3) is 9.17. The van der Waals surface area contributed by atoms with Crippen LogP contribution in [0.1, 0.15) is 54.4 Å². The van der Waals surface area contributed by atoms with Gasteiger partial charge in [0.25, 0.3) is 5.91 Å². The second kappa shape index (κ2) is 13.0. The molecule has 2 amide bonds. The summed E-state index contributed by atoms with van der Waals surface area (Å²) in [5.74, 6) is -1.12. The molecule has 2 aromatic carbocycles. The Morgan fingerprint density at radius 2 is 1.64 bits per heavy atom. The van der Waals surface area contributed by atoms with Gasteiger partial charge in [0.15, 0.2) is 6.61 Å². The maximum Gasteiger partial charge on any atom is 0.422 e. The van der Waals surface area contributed by atoms with E-state index < -0.39 is 51.4 Å². The highest BCUT2D eigenvalue weighted by atomic mass is 35.5. The number of anilines is 3. The van der Waals surface area contributed by atoms with Crippen molar-refractivity contribution in [3.63, 3.8) is 0 Å². The molecule has 2 saturated carbocycles. The Balaban J connectivity index is 1.19. The standard InChI is InChI=1S/C28H29ClF3N7O5S/c29-19-7-5-18(6-8-19)27(13-14-27)38-25-35-24(36-26(37-25)44-16-28(30,31)32)34-20-9-3-17(4-10-20)23(41)33-15-1-2-22(40)39-45(42,43)21-11-12-21/h3-10,21H,1-2,11-16H2,(H,33,41)(H,39,40)(H2,34,35,36,37,38). The zero-order chi connectivity index (χ0) is 32.2. The highest BCUT2D eigenvalue weighted by Gasteiger charge is 2.45. The lowest BCUT2D eigenvalue weighted by molar-refractivity contribution is -0.154. The van der Waals surface area contributed by atoms with Crippen LogP contribution in [0.4, 0.5) is 30.8 Å². The van der Waals surface area contributed by atoms with E-state index in [9.17, 15) is 31.2 Å². The van der Waals surface area contributed by atoms with Crippen LogP contribution in [-0.4, -0.2) is 59.8 Å². The lowest BCUT2D eigenvalue weighted by Crippen LogP contribution is -2.33. The molecule has 2 aliphatic carbocycles. The Morgan fingerprint density at radius 3 is 2.27 bits per heavy atom. The van der Waals surface area contributed by atoms with Crippen molar-refractivity contribution in [3.8, 4) is 6.01 Å². The van der Waals surface area contributed by atoms with Crippen LogP contribution in [0.15, 0.2) is 48.5 Å². The number of alkyl halides is 3. The maximum atomic E-state index is 12.8. The summed E-state index contributed by atoms with van der Waals surface area (Å²) in [7, 11) is -3.61. The Morgan fingerprint density at radius 1 is 0.978 bits per heavy atom. The van der Waals surface area contributed by atoms with Gasteiger partial charge in [0.1, 0.15) is 0 Å². The van der Waals surface area contributed by atoms with Crippen molar-refractivity contribution in [3.05, 3.63) is 64.7 Å². The fourth-order valence-corrected chi connectivity index (χ4v) is 5.80. The monoisotopic (exact) mass is 667 g/mol. The van der Waals surface area contributed by atoms with Crippen molar-refractivity contribution in [2.45, 2.75) is 55.5 Å². The molecule has 0 aliphatic heterocycles. The lowest BCUT2D eigenvalue weighted by atomic mass is 10.1. The van der Waals surface area contributed by atoms with Crippen LogP contribution >= 0.6 is 11.6 Å². The zero-order valence-corrected chi connectivity index (χ0v) is 25.2. The van der Waals surface area contributed by atoms with E-state index in [2.05, 4.69) is 30.9 Å². The normalized spacial score (nSPS) is 15.6. The van der Waals surface area contributed by atoms with Crippen LogP contribution in [0.2, 0.25) is 5.02 Å². The largest absolute Gasteiger partial charge is 0.454 e. The minimum Gasteiger partial charge on any atom is -0.454 e. The number of nitrogens with one attached hydrogen (secondary N) is 4. The molecule has 45 heavy (non-hydrogen) atoms. The van der Waals surface area contributed by atoms with Crippen LogP contribution in [0.3, 0.4) is 0 Å². The van der Waals surface area contributed by atoms with Gasteiger partial charge in [0, 0.05) is 29.2 Å². The number of carbonyl (C=O) groups is 2. The molecule has 2 fully saturated rings. The average molecular weight is 668 g/mol. The Kier molecular flexibility index (Phi) is 9.34. The number of carbonyl (C=O) groups excluding carboxylic acids is 2. The van der Waals surface area contributed by atoms with Crippen LogP contribution < -0.4 is 25.4 Å². The minimum absolute atomic E-state index is 0.00643. The molecule has 0 radical (unpaired) electrons. The van der Waals surface area contributed by atoms with Crippen molar-refractivity contribution >= 4 is 51.0 Å². The van der Waals surface area contributed by atoms with Gasteiger partial charge in [0.2, 0.25) is 27.8 Å². The van der Waals surface area contributed by atoms with E-state index in [1.807, 2.05) is 16.9 Å². The molecular formula is C28H29ClF3N7O5S. The molecule has 0 atom stereocenters. The zero-order valence-electron chi connectivity index (χ0n) is 23.7. The summed E-state index contributed by atoms with van der Waals surface area (Å²) < 4.78 is 69.0. The van der Waals surface area contributed by atoms with E-state index in [4.69, 9.17) is 16.3 Å². The molecule has 12 nitrogen and oxygen atoms in total. The highest BCUT2D eigenvalue weighted by molar-refractivity contribution is 7.90. The van der Waals surface area contributed by atoms with Gasteiger partial charge in [-0.1, -0.05) is 23.7 Å². The highest BCUT2D eigenvalue weighted by Crippen LogP contribution is 2.48. The van der Waals surface area contributed by atoms with Crippen LogP contribution in [0.5, 0.6) is 6.01 Å². The maximum absolute atomic E-state index is 12.8. The molecule has 5 rings (SSSR count). The van der Waals surface area contributed by atoms with E-state index in [0.29, 0.717) is 29.1 Å². The van der Waals surface area contributed by atoms with Gasteiger partial charge in [-0.15, -0.1) is 0 Å². The van der Waals surface area contributed by atoms with Crippen molar-refractivity contribution in [1.82, 2.24) is 25.0 Å². The van der Waals surface area contributed by atoms with E-state index in [1.165, 1.54) is 12.1 Å². The predicted molar refractivity (Wildman–Crippen MR) is 159 cm³/mol. The molecule has 240 valence electrons. The predicted octanol–water partition coefficient (Wildman–Crippen LogP) is 4.43. The Hall–Kier alpha value is -4.18. The molecule has 0 saturated heterocycles. The topological polar surface area (TPSA) is 164 Å². The summed E-state index contributed by atoms with van der Waals surface area (Å²) in [6, 6.07) is 12.8. The molecule has 0 spiro atoms. The molecule has 0 bridgehead atoms. The first-order chi connectivity index (χ1) is 21.3. The lowest BCUT2D eigenvalue weighted by Gasteiger charge is -2.19. The van der Waals surface area contributed by atoms with E-state index in [-0.39, 0.29) is 31.3 Å². The number of rotatable bonds is 14. The number of aromatic nitrogens is 3. The van der Waals surface area contributed by atoms with Gasteiger partial charge in [-0.3, -0.25) is 14.3 Å². The third-order valence-electron chi connectivity index (χ3n) is 6.97. The van der Waals surface area contributed by atoms with E-state index in [1.54, 1.807) is 24.3 Å². The Bertz CT molecular complexity index is 1650. The van der Waals surface area contributed by atoms with Crippen molar-refractivity contribution in [2.24, 2.45) is 0 Å². The van der Waals surface area contributed by atoms with Crippen molar-refractivity contribution in [1.29, 1.82) is 0 Å². The number of halogens is 4. The molecule has 2 aliphatic rings. The molecule has 4 N–H and O–H groups in total. The average Bonchev–Trinajstić information content (AvgIpc) is 3.90. The number of sulfonamides is 1. The summed E-state index contributed by atoms with van der Waals surface area (Å²) in [6.45, 7) is -1.44. The van der Waals surface area contributed by atoms with Crippen LogP contribution in [0, 0.1) is 0 Å². The number of hydrogen-bond acceptors (Lipinski definition) is 10. The fraction of sp³-hybridized carbons (Fsp3) is 0.393. The van der Waals surface area contributed by atoms with Crippen LogP contribution in [0.25, 0.3) is 0 Å². The third-order valence-corrected chi connectivity index (χ3v) is 9.08. The first-order valence-electron chi connectivity index (χ1n) is 14.0. The summed E-state index contributed by atoms with van der Waals surface area (Å²) in [5.41, 5.74) is 1.13. The minimum atomic E-state index is -4.60. The number of ether oxygens (including phenoxy) is 1. The molecular weight excluding hydrogens is 639 g/mol. The second-order valence-electron chi connectivity index (χ2n) is 10.7. The smallest absolute Gasteiger partial charge is 0.422 e. The van der Waals surface area contributed by atoms with Crippen LogP contribution in [-0.2, 0) is 20.4 Å². The first kappa shape index (κ1) is 32.2. The second-order valence-corrected chi connectivity index (χ2v) is 13.1. The van der Waals surface area contributed by atoms with Gasteiger partial charge in [-0.2, -0.15) is 28.1 Å². The number of nitrogens with zero attached hydrogens (tertiary/aromatic N) is 3. The van der Waals surface area contributed by atoms with Gasteiger partial charge >= 0.3 is 12.2 Å². The first-order valence-corrected chi connectivity index (χ1v) is 15.9. The van der Waals surface area contributed by atoms with Crippen molar-refractivity contribution in [2.75, 3.05) is 23.8 Å². The van der Waals surface area contributed by atoms with E-state index >= 15 is 0 Å². The summed E-state index contributed by atoms with van der Waals surface area (Å²) in [4.78, 5) is 36.7. The summed E-state index contributed by atoms with van der Waals surface area (Å²) >= 11 is 6.00. The Labute approximate surface area is 261 Å². The van der Waals surface area contributed by atoms with E-state index in [0.717, 1.165) is 18.4 Å². The van der Waals surface area contributed by atoms with Gasteiger partial charge in [0.05, 0.1) is 10.8 Å². The van der Waals surface area contributed by atoms with Gasteiger partial charge in [-0.05, 0) is 74.1 Å². The fourth-order valence-electron chi connectivity index (χ4n) is 4.33. The van der Waals surface area contributed by atoms with Crippen molar-refractivity contribution < 1.29 is 35.9 Å². The van der Waals surface area contributed by atoms with Gasteiger partial charge < -0.3 is 20.7 Å². The van der Waals surface area contributed by atoms with Gasteiger partial charge in [-0.25, -0.2) is 8.42 Å². The SMILES string of the molecule is O=C(CCCNC(=O)c1ccc(Nc2nc(NC3(c4ccc(Cl)cc4)CC3)nc(OCC(F)(F)F)n2)cc1)NS(=O)(=O)C1CC1. The number of amides is 2. The number of hydrogen-bond donors (Lipinski definition) is 4. The summed E-state index contributed by atoms with van der Waals surface area (Å²) in [6.07, 6.45) is -1.86. The summed E-state index contributed by atoms with van der Waals surface area (Å²) in [5, 5.41) is 8.81. The quantitative estimate of drug-likeness (QED) is 0.181. The molecule has 17 heteroatoms. The number of benzene rings is 2.